The molecule has 1 aliphatic carbocycles. The summed E-state index contributed by atoms with van der Waals surface area (Å²) in [5.41, 5.74) is 0.726. The van der Waals surface area contributed by atoms with Crippen LogP contribution in [0, 0.1) is 5.92 Å². The smallest absolute Gasteiger partial charge is 0.481 e. The molecule has 0 bridgehead atoms. The van der Waals surface area contributed by atoms with Crippen LogP contribution in [0.25, 0.3) is 0 Å². The number of ether oxygens (including phenoxy) is 3. The van der Waals surface area contributed by atoms with Gasteiger partial charge in [-0.1, -0.05) is 30.3 Å². The molecule has 33 heavy (non-hydrogen) atoms. The summed E-state index contributed by atoms with van der Waals surface area (Å²) in [5, 5.41) is 19.8. The number of aryl methyl sites for hydroxylation is 1. The molecule has 2 aromatic rings. The molecule has 9 nitrogen and oxygen atoms in total. The fourth-order valence-corrected chi connectivity index (χ4v) is 5.58. The maximum Gasteiger partial charge on any atom is 0.512 e. The van der Waals surface area contributed by atoms with Gasteiger partial charge in [0, 0.05) is 22.8 Å². The van der Waals surface area contributed by atoms with Crippen LogP contribution in [-0.4, -0.2) is 43.9 Å². The van der Waals surface area contributed by atoms with Gasteiger partial charge in [-0.05, 0) is 43.7 Å². The van der Waals surface area contributed by atoms with Crippen LogP contribution in [-0.2, 0) is 17.8 Å². The Hall–Kier alpha value is -2.59. The van der Waals surface area contributed by atoms with Crippen molar-refractivity contribution in [3.63, 3.8) is 0 Å². The molecule has 0 unspecified atom stereocenters. The van der Waals surface area contributed by atoms with Gasteiger partial charge in [-0.25, -0.2) is 9.78 Å². The second kappa shape index (κ2) is 10.1. The van der Waals surface area contributed by atoms with E-state index in [1.807, 2.05) is 6.92 Å². The van der Waals surface area contributed by atoms with E-state index in [1.54, 1.807) is 16.7 Å². The van der Waals surface area contributed by atoms with Gasteiger partial charge in [0.1, 0.15) is 5.82 Å². The lowest BCUT2D eigenvalue weighted by molar-refractivity contribution is -0.142. The summed E-state index contributed by atoms with van der Waals surface area (Å²) in [7, 11) is 0. The molecule has 1 saturated carbocycles. The maximum absolute atomic E-state index is 11.5. The Labute approximate surface area is 200 Å². The molecule has 1 aliphatic heterocycles. The lowest BCUT2D eigenvalue weighted by atomic mass is 9.89. The van der Waals surface area contributed by atoms with E-state index in [2.05, 4.69) is 0 Å². The maximum atomic E-state index is 11.5. The number of rotatable bonds is 8. The van der Waals surface area contributed by atoms with Crippen LogP contribution in [0.15, 0.2) is 17.2 Å². The van der Waals surface area contributed by atoms with Crippen molar-refractivity contribution in [3.8, 4) is 17.4 Å². The fourth-order valence-electron chi connectivity index (χ4n) is 4.13. The molecule has 0 atom stereocenters. The SMILES string of the molecule is CCCc1nc(SC2CCC(C(=O)O)CC2)c(OC(=O)O)n1Cc1cc2c(cc1Cl)OCO2. The van der Waals surface area contributed by atoms with E-state index in [9.17, 15) is 19.8 Å². The first kappa shape index (κ1) is 23.6. The minimum absolute atomic E-state index is 0.125. The van der Waals surface area contributed by atoms with Crippen molar-refractivity contribution in [2.24, 2.45) is 5.92 Å². The third kappa shape index (κ3) is 5.33. The minimum atomic E-state index is -1.42. The highest BCUT2D eigenvalue weighted by molar-refractivity contribution is 8.00. The third-order valence-electron chi connectivity index (χ3n) is 5.80. The molecular formula is C22H25ClN2O7S. The van der Waals surface area contributed by atoms with Gasteiger partial charge in [-0.15, -0.1) is 0 Å². The van der Waals surface area contributed by atoms with E-state index in [0.29, 0.717) is 46.6 Å². The zero-order valence-electron chi connectivity index (χ0n) is 18.1. The van der Waals surface area contributed by atoms with Crippen molar-refractivity contribution >= 4 is 35.5 Å². The van der Waals surface area contributed by atoms with Crippen LogP contribution >= 0.6 is 23.4 Å². The molecule has 2 heterocycles. The summed E-state index contributed by atoms with van der Waals surface area (Å²) in [6.45, 7) is 2.40. The summed E-state index contributed by atoms with van der Waals surface area (Å²) < 4.78 is 17.8. The van der Waals surface area contributed by atoms with Crippen LogP contribution in [0.5, 0.6) is 17.4 Å². The monoisotopic (exact) mass is 496 g/mol. The molecule has 0 amide bonds. The molecule has 2 aliphatic rings. The summed E-state index contributed by atoms with van der Waals surface area (Å²) in [6.07, 6.45) is 2.65. The van der Waals surface area contributed by atoms with Crippen molar-refractivity contribution in [2.75, 3.05) is 6.79 Å². The van der Waals surface area contributed by atoms with Gasteiger partial charge in [0.15, 0.2) is 16.5 Å². The average Bonchev–Trinajstić information content (AvgIpc) is 3.34. The molecule has 11 heteroatoms. The Balaban J connectivity index is 1.64. The number of aliphatic carboxylic acids is 1. The summed E-state index contributed by atoms with van der Waals surface area (Å²) in [6, 6.07) is 3.47. The predicted octanol–water partition coefficient (Wildman–Crippen LogP) is 5.06. The highest BCUT2D eigenvalue weighted by Gasteiger charge is 2.30. The topological polar surface area (TPSA) is 120 Å². The number of fused-ring (bicyclic) bond motifs is 1. The third-order valence-corrected chi connectivity index (χ3v) is 7.45. The van der Waals surface area contributed by atoms with Crippen LogP contribution in [0.4, 0.5) is 4.79 Å². The highest BCUT2D eigenvalue weighted by atomic mass is 35.5. The number of carbonyl (C=O) groups is 2. The first-order valence-corrected chi connectivity index (χ1v) is 12.1. The number of halogens is 1. The van der Waals surface area contributed by atoms with E-state index in [0.717, 1.165) is 24.8 Å². The van der Waals surface area contributed by atoms with E-state index in [-0.39, 0.29) is 30.4 Å². The Morgan fingerprint density at radius 3 is 2.55 bits per heavy atom. The van der Waals surface area contributed by atoms with Crippen molar-refractivity contribution in [1.82, 2.24) is 9.55 Å². The zero-order chi connectivity index (χ0) is 23.5. The molecule has 1 aromatic carbocycles. The molecule has 1 fully saturated rings. The lowest BCUT2D eigenvalue weighted by Crippen LogP contribution is -2.22. The molecule has 0 radical (unpaired) electrons. The second-order valence-corrected chi connectivity index (χ2v) is 9.77. The van der Waals surface area contributed by atoms with E-state index in [1.165, 1.54) is 11.8 Å². The number of imidazole rings is 1. The summed E-state index contributed by atoms with van der Waals surface area (Å²) in [4.78, 5) is 27.5. The number of thioether (sulfide) groups is 1. The van der Waals surface area contributed by atoms with Crippen LogP contribution < -0.4 is 14.2 Å². The lowest BCUT2D eigenvalue weighted by Gasteiger charge is -2.25. The standard InChI is InChI=1S/C22H25ClN2O7S/c1-2-3-18-24-19(33-14-6-4-12(5-7-14)21(26)27)20(32-22(28)29)25(18)10-13-8-16-17(9-15(13)23)31-11-30-16/h8-9,12,14H,2-7,10-11H2,1H3,(H,26,27)(H,28,29). The van der Waals surface area contributed by atoms with E-state index >= 15 is 0 Å². The Morgan fingerprint density at radius 1 is 1.21 bits per heavy atom. The summed E-state index contributed by atoms with van der Waals surface area (Å²) in [5.74, 6) is 0.922. The first-order valence-electron chi connectivity index (χ1n) is 10.8. The molecular weight excluding hydrogens is 472 g/mol. The van der Waals surface area contributed by atoms with Gasteiger partial charge < -0.3 is 24.4 Å². The minimum Gasteiger partial charge on any atom is -0.481 e. The molecule has 178 valence electrons. The van der Waals surface area contributed by atoms with Gasteiger partial charge in [-0.3, -0.25) is 9.36 Å². The number of benzene rings is 1. The predicted molar refractivity (Wildman–Crippen MR) is 121 cm³/mol. The Bertz CT molecular complexity index is 1050. The quantitative estimate of drug-likeness (QED) is 0.483. The number of hydrogen-bond acceptors (Lipinski definition) is 7. The normalized spacial score (nSPS) is 19.5. The number of carboxylic acids is 1. The number of aromatic nitrogens is 2. The fraction of sp³-hybridized carbons (Fsp3) is 0.500. The van der Waals surface area contributed by atoms with Crippen molar-refractivity contribution in [3.05, 3.63) is 28.5 Å². The van der Waals surface area contributed by atoms with Crippen molar-refractivity contribution < 1.29 is 34.0 Å². The molecule has 4 rings (SSSR count). The number of nitrogens with zero attached hydrogens (tertiary/aromatic N) is 2. The van der Waals surface area contributed by atoms with Crippen LogP contribution in [0.1, 0.15) is 50.4 Å². The second-order valence-electron chi connectivity index (χ2n) is 8.07. The molecule has 0 saturated heterocycles. The zero-order valence-corrected chi connectivity index (χ0v) is 19.7. The van der Waals surface area contributed by atoms with Gasteiger partial charge in [0.25, 0.3) is 0 Å². The van der Waals surface area contributed by atoms with Gasteiger partial charge in [-0.2, -0.15) is 0 Å². The summed E-state index contributed by atoms with van der Waals surface area (Å²) >= 11 is 7.92. The molecule has 1 aromatic heterocycles. The Kier molecular flexibility index (Phi) is 7.23. The van der Waals surface area contributed by atoms with Crippen molar-refractivity contribution in [1.29, 1.82) is 0 Å². The number of hydrogen-bond donors (Lipinski definition) is 2. The number of carboxylic acid groups (broad SMARTS) is 2. The van der Waals surface area contributed by atoms with Crippen molar-refractivity contribution in [2.45, 2.75) is 62.3 Å². The Morgan fingerprint density at radius 2 is 1.91 bits per heavy atom. The van der Waals surface area contributed by atoms with Crippen LogP contribution in [0.2, 0.25) is 5.02 Å². The van der Waals surface area contributed by atoms with Gasteiger partial charge >= 0.3 is 12.1 Å². The van der Waals surface area contributed by atoms with Crippen LogP contribution in [0.3, 0.4) is 0 Å². The largest absolute Gasteiger partial charge is 0.512 e. The highest BCUT2D eigenvalue weighted by Crippen LogP contribution is 2.42. The molecule has 0 spiro atoms. The van der Waals surface area contributed by atoms with E-state index in [4.69, 9.17) is 30.8 Å². The van der Waals surface area contributed by atoms with Gasteiger partial charge in [0.2, 0.25) is 12.7 Å². The molecule has 2 N–H and O–H groups in total. The average molecular weight is 497 g/mol. The first-order chi connectivity index (χ1) is 15.9. The van der Waals surface area contributed by atoms with E-state index < -0.39 is 12.1 Å². The van der Waals surface area contributed by atoms with Gasteiger partial charge in [0.05, 0.1) is 12.5 Å².